The average Bonchev–Trinajstić information content (AvgIpc) is 2.74. The van der Waals surface area contributed by atoms with E-state index < -0.39 is 0 Å². The number of rotatable bonds is 4. The van der Waals surface area contributed by atoms with Crippen molar-refractivity contribution < 1.29 is 4.39 Å². The van der Waals surface area contributed by atoms with Crippen molar-refractivity contribution in [1.82, 2.24) is 10.3 Å². The Bertz CT molecular complexity index is 484. The Labute approximate surface area is 112 Å². The molecule has 0 saturated heterocycles. The van der Waals surface area contributed by atoms with Crippen LogP contribution in [0.25, 0.3) is 0 Å². The topological polar surface area (TPSA) is 24.9 Å². The second-order valence-corrected chi connectivity index (χ2v) is 5.33. The van der Waals surface area contributed by atoms with E-state index in [9.17, 15) is 4.39 Å². The fourth-order valence-electron chi connectivity index (χ4n) is 1.61. The summed E-state index contributed by atoms with van der Waals surface area (Å²) in [5.74, 6) is -0.311. The molecule has 2 nitrogen and oxygen atoms in total. The van der Waals surface area contributed by atoms with E-state index in [1.807, 2.05) is 18.4 Å². The fourth-order valence-corrected chi connectivity index (χ4v) is 3.29. The number of thiophene rings is 1. The van der Waals surface area contributed by atoms with Gasteiger partial charge in [-0.3, -0.25) is 4.98 Å². The molecule has 0 aliphatic rings. The molecule has 2 aromatic rings. The van der Waals surface area contributed by atoms with E-state index in [4.69, 9.17) is 0 Å². The van der Waals surface area contributed by atoms with E-state index >= 15 is 0 Å². The molecule has 0 aliphatic heterocycles. The number of aromatic nitrogens is 1. The zero-order valence-corrected chi connectivity index (χ0v) is 11.7. The quantitative estimate of drug-likeness (QED) is 0.929. The molecule has 2 heterocycles. The van der Waals surface area contributed by atoms with Gasteiger partial charge in [0.15, 0.2) is 0 Å². The SMILES string of the molecule is CCNC(c1ccc(F)cn1)c1sccc1Br. The van der Waals surface area contributed by atoms with Gasteiger partial charge in [0.25, 0.3) is 0 Å². The zero-order valence-electron chi connectivity index (χ0n) is 9.28. The second-order valence-electron chi connectivity index (χ2n) is 3.52. The maximum atomic E-state index is 12.9. The van der Waals surface area contributed by atoms with Gasteiger partial charge in [0.2, 0.25) is 0 Å². The smallest absolute Gasteiger partial charge is 0.141 e. The molecule has 90 valence electrons. The molecule has 0 radical (unpaired) electrons. The van der Waals surface area contributed by atoms with Crippen molar-refractivity contribution in [1.29, 1.82) is 0 Å². The normalized spacial score (nSPS) is 12.6. The van der Waals surface area contributed by atoms with Crippen LogP contribution in [-0.2, 0) is 0 Å². The Morgan fingerprint density at radius 1 is 1.47 bits per heavy atom. The molecule has 1 N–H and O–H groups in total. The number of nitrogens with one attached hydrogen (secondary N) is 1. The molecule has 17 heavy (non-hydrogen) atoms. The number of pyridine rings is 1. The molecule has 1 atom stereocenters. The monoisotopic (exact) mass is 314 g/mol. The summed E-state index contributed by atoms with van der Waals surface area (Å²) >= 11 is 5.17. The average molecular weight is 315 g/mol. The molecular weight excluding hydrogens is 303 g/mol. The molecular formula is C12H12BrFN2S. The van der Waals surface area contributed by atoms with Gasteiger partial charge in [-0.25, -0.2) is 4.39 Å². The highest BCUT2D eigenvalue weighted by atomic mass is 79.9. The lowest BCUT2D eigenvalue weighted by Gasteiger charge is -2.16. The number of halogens is 2. The molecule has 2 rings (SSSR count). The molecule has 0 amide bonds. The van der Waals surface area contributed by atoms with E-state index in [0.29, 0.717) is 0 Å². The first-order valence-electron chi connectivity index (χ1n) is 5.30. The highest BCUT2D eigenvalue weighted by Gasteiger charge is 2.18. The third-order valence-corrected chi connectivity index (χ3v) is 4.30. The van der Waals surface area contributed by atoms with E-state index in [1.165, 1.54) is 12.3 Å². The van der Waals surface area contributed by atoms with Gasteiger partial charge in [-0.1, -0.05) is 6.92 Å². The lowest BCUT2D eigenvalue weighted by molar-refractivity contribution is 0.598. The van der Waals surface area contributed by atoms with E-state index in [0.717, 1.165) is 21.6 Å². The van der Waals surface area contributed by atoms with E-state index in [2.05, 4.69) is 26.2 Å². The number of hydrogen-bond acceptors (Lipinski definition) is 3. The summed E-state index contributed by atoms with van der Waals surface area (Å²) in [5.41, 5.74) is 0.830. The molecule has 5 heteroatoms. The Morgan fingerprint density at radius 3 is 2.82 bits per heavy atom. The molecule has 0 spiro atoms. The Hall–Kier alpha value is -0.780. The second kappa shape index (κ2) is 5.71. The first-order chi connectivity index (χ1) is 8.22. The molecule has 1 unspecified atom stereocenters. The lowest BCUT2D eigenvalue weighted by Crippen LogP contribution is -2.22. The molecule has 0 aliphatic carbocycles. The summed E-state index contributed by atoms with van der Waals surface area (Å²) in [6.45, 7) is 2.87. The fraction of sp³-hybridized carbons (Fsp3) is 0.250. The standard InChI is InChI=1S/C12H12BrFN2S/c1-2-15-11(12-9(13)5-6-17-12)10-4-3-8(14)7-16-10/h3-7,11,15H,2H2,1H3. The van der Waals surface area contributed by atoms with Crippen LogP contribution in [-0.4, -0.2) is 11.5 Å². The molecule has 2 aromatic heterocycles. The minimum Gasteiger partial charge on any atom is -0.305 e. The summed E-state index contributed by atoms with van der Waals surface area (Å²) < 4.78 is 13.9. The van der Waals surface area contributed by atoms with Gasteiger partial charge in [-0.05, 0) is 46.1 Å². The Morgan fingerprint density at radius 2 is 2.29 bits per heavy atom. The zero-order chi connectivity index (χ0) is 12.3. The van der Waals surface area contributed by atoms with Gasteiger partial charge in [0.05, 0.1) is 17.9 Å². The predicted octanol–water partition coefficient (Wildman–Crippen LogP) is 3.74. The summed E-state index contributed by atoms with van der Waals surface area (Å²) in [6.07, 6.45) is 1.25. The first kappa shape index (κ1) is 12.7. The highest BCUT2D eigenvalue weighted by molar-refractivity contribution is 9.10. The van der Waals surface area contributed by atoms with Gasteiger partial charge < -0.3 is 5.32 Å². The highest BCUT2D eigenvalue weighted by Crippen LogP contribution is 2.32. The van der Waals surface area contributed by atoms with E-state index in [-0.39, 0.29) is 11.9 Å². The van der Waals surface area contributed by atoms with Crippen molar-refractivity contribution >= 4 is 27.3 Å². The van der Waals surface area contributed by atoms with Crippen LogP contribution in [0.4, 0.5) is 4.39 Å². The molecule has 0 aromatic carbocycles. The van der Waals surface area contributed by atoms with Gasteiger partial charge in [0.1, 0.15) is 5.82 Å². The minimum atomic E-state index is -0.311. The lowest BCUT2D eigenvalue weighted by atomic mass is 10.1. The maximum absolute atomic E-state index is 12.9. The van der Waals surface area contributed by atoms with Crippen LogP contribution in [0.5, 0.6) is 0 Å². The van der Waals surface area contributed by atoms with E-state index in [1.54, 1.807) is 17.4 Å². The van der Waals surface area contributed by atoms with Gasteiger partial charge in [-0.15, -0.1) is 11.3 Å². The van der Waals surface area contributed by atoms with Crippen molar-refractivity contribution in [2.75, 3.05) is 6.54 Å². The van der Waals surface area contributed by atoms with Crippen molar-refractivity contribution in [3.63, 3.8) is 0 Å². The third-order valence-electron chi connectivity index (χ3n) is 2.36. The minimum absolute atomic E-state index is 0.00924. The maximum Gasteiger partial charge on any atom is 0.141 e. The predicted molar refractivity (Wildman–Crippen MR) is 71.7 cm³/mol. The summed E-state index contributed by atoms with van der Waals surface area (Å²) in [4.78, 5) is 5.30. The third kappa shape index (κ3) is 2.91. The van der Waals surface area contributed by atoms with Crippen LogP contribution in [0.1, 0.15) is 23.5 Å². The van der Waals surface area contributed by atoms with Crippen LogP contribution < -0.4 is 5.32 Å². The number of nitrogens with zero attached hydrogens (tertiary/aromatic N) is 1. The van der Waals surface area contributed by atoms with Crippen LogP contribution in [0, 0.1) is 5.82 Å². The van der Waals surface area contributed by atoms with Gasteiger partial charge >= 0.3 is 0 Å². The number of hydrogen-bond donors (Lipinski definition) is 1. The van der Waals surface area contributed by atoms with Crippen molar-refractivity contribution in [2.45, 2.75) is 13.0 Å². The largest absolute Gasteiger partial charge is 0.305 e. The van der Waals surface area contributed by atoms with Crippen LogP contribution >= 0.6 is 27.3 Å². The molecule has 0 saturated carbocycles. The van der Waals surface area contributed by atoms with Crippen LogP contribution in [0.2, 0.25) is 0 Å². The van der Waals surface area contributed by atoms with Gasteiger partial charge in [0, 0.05) is 9.35 Å². The van der Waals surface area contributed by atoms with Crippen molar-refractivity contribution in [2.24, 2.45) is 0 Å². The van der Waals surface area contributed by atoms with Crippen molar-refractivity contribution in [3.8, 4) is 0 Å². The Balaban J connectivity index is 2.35. The summed E-state index contributed by atoms with van der Waals surface area (Å²) in [5, 5.41) is 5.38. The first-order valence-corrected chi connectivity index (χ1v) is 6.97. The van der Waals surface area contributed by atoms with Gasteiger partial charge in [-0.2, -0.15) is 0 Å². The summed E-state index contributed by atoms with van der Waals surface area (Å²) in [6, 6.07) is 5.17. The summed E-state index contributed by atoms with van der Waals surface area (Å²) in [7, 11) is 0. The molecule has 0 bridgehead atoms. The molecule has 0 fully saturated rings. The van der Waals surface area contributed by atoms with Crippen molar-refractivity contribution in [3.05, 3.63) is 50.6 Å². The van der Waals surface area contributed by atoms with Crippen LogP contribution in [0.3, 0.4) is 0 Å². The van der Waals surface area contributed by atoms with Crippen LogP contribution in [0.15, 0.2) is 34.2 Å². The Kier molecular flexibility index (Phi) is 4.25.